The Morgan fingerprint density at radius 1 is 1.10 bits per heavy atom. The molecule has 8 heteroatoms. The normalized spacial score (nSPS) is 14.4. The van der Waals surface area contributed by atoms with E-state index >= 15 is 0 Å². The highest BCUT2D eigenvalue weighted by Crippen LogP contribution is 2.29. The summed E-state index contributed by atoms with van der Waals surface area (Å²) in [6.07, 6.45) is -0.858. The van der Waals surface area contributed by atoms with E-state index in [1.165, 1.54) is 18.2 Å². The van der Waals surface area contributed by atoms with Gasteiger partial charge in [-0.1, -0.05) is 24.3 Å². The zero-order valence-electron chi connectivity index (χ0n) is 15.8. The highest BCUT2D eigenvalue weighted by Gasteiger charge is 2.29. The fourth-order valence-electron chi connectivity index (χ4n) is 2.98. The van der Waals surface area contributed by atoms with Crippen LogP contribution in [-0.4, -0.2) is 30.8 Å². The van der Waals surface area contributed by atoms with Crippen molar-refractivity contribution in [1.82, 2.24) is 0 Å². The topological polar surface area (TPSA) is 63.7 Å². The van der Waals surface area contributed by atoms with Crippen LogP contribution in [0.2, 0.25) is 0 Å². The molecule has 2 aromatic carbocycles. The summed E-state index contributed by atoms with van der Waals surface area (Å²) in [6, 6.07) is 10.8. The molecule has 0 spiro atoms. The van der Waals surface area contributed by atoms with Crippen LogP contribution in [0, 0.1) is 0 Å². The lowest BCUT2D eigenvalue weighted by molar-refractivity contribution is -0.138. The van der Waals surface area contributed by atoms with E-state index in [4.69, 9.17) is 4.74 Å². The average molecular weight is 417 g/mol. The van der Waals surface area contributed by atoms with Gasteiger partial charge < -0.3 is 9.64 Å². The number of rotatable bonds is 6. The molecule has 0 radical (unpaired) electrons. The van der Waals surface area contributed by atoms with Crippen LogP contribution in [-0.2, 0) is 20.5 Å². The van der Waals surface area contributed by atoms with E-state index in [2.05, 4.69) is 0 Å². The molecule has 156 valence electrons. The third-order valence-electron chi connectivity index (χ3n) is 4.55. The molecule has 1 heterocycles. The van der Waals surface area contributed by atoms with Gasteiger partial charge in [-0.3, -0.25) is 9.59 Å². The summed E-state index contributed by atoms with van der Waals surface area (Å²) >= 11 is 0. The Kier molecular flexibility index (Phi) is 6.34. The second kappa shape index (κ2) is 8.94. The molecule has 1 amide bonds. The molecule has 0 atom stereocenters. The number of carbonyl (C=O) groups is 3. The quantitative estimate of drug-likeness (QED) is 0.400. The summed E-state index contributed by atoms with van der Waals surface area (Å²) in [6.45, 7) is 0.105. The average Bonchev–Trinajstić information content (AvgIpc) is 3.16. The van der Waals surface area contributed by atoms with Gasteiger partial charge in [-0.05, 0) is 42.3 Å². The SMILES string of the molecule is O=C(/C=C/c1ccc(C(F)(F)F)cc1)OCC(=O)c1cccc(N2CCCC2=O)c1. The number of amides is 1. The van der Waals surface area contributed by atoms with Crippen LogP contribution in [0.1, 0.15) is 34.3 Å². The van der Waals surface area contributed by atoms with E-state index in [9.17, 15) is 27.6 Å². The maximum atomic E-state index is 12.5. The van der Waals surface area contributed by atoms with Gasteiger partial charge in [0.15, 0.2) is 12.4 Å². The minimum Gasteiger partial charge on any atom is -0.454 e. The second-order valence-corrected chi connectivity index (χ2v) is 6.68. The molecule has 1 aliphatic heterocycles. The number of nitrogens with zero attached hydrogens (tertiary/aromatic N) is 1. The number of hydrogen-bond donors (Lipinski definition) is 0. The minimum absolute atomic E-state index is 0.000528. The maximum absolute atomic E-state index is 12.5. The molecule has 1 aliphatic rings. The van der Waals surface area contributed by atoms with Crippen LogP contribution in [0.15, 0.2) is 54.6 Å². The van der Waals surface area contributed by atoms with Gasteiger partial charge in [0.1, 0.15) is 0 Å². The lowest BCUT2D eigenvalue weighted by Gasteiger charge is -2.16. The summed E-state index contributed by atoms with van der Waals surface area (Å²) in [7, 11) is 0. The highest BCUT2D eigenvalue weighted by molar-refractivity contribution is 6.01. The van der Waals surface area contributed by atoms with E-state index in [0.717, 1.165) is 24.6 Å². The minimum atomic E-state index is -4.43. The molecule has 0 saturated carbocycles. The third-order valence-corrected chi connectivity index (χ3v) is 4.55. The van der Waals surface area contributed by atoms with E-state index in [-0.39, 0.29) is 5.91 Å². The number of halogens is 3. The van der Waals surface area contributed by atoms with Gasteiger partial charge >= 0.3 is 12.1 Å². The van der Waals surface area contributed by atoms with Crippen molar-refractivity contribution < 1.29 is 32.3 Å². The molecular formula is C22H18F3NO4. The predicted octanol–water partition coefficient (Wildman–Crippen LogP) is 4.27. The van der Waals surface area contributed by atoms with Gasteiger partial charge in [0.05, 0.1) is 5.56 Å². The van der Waals surface area contributed by atoms with Crippen LogP contribution in [0.5, 0.6) is 0 Å². The number of Topliss-reactive ketones (excluding diaryl/α,β-unsaturated/α-hetero) is 1. The Morgan fingerprint density at radius 2 is 1.83 bits per heavy atom. The van der Waals surface area contributed by atoms with Gasteiger partial charge in [0, 0.05) is 30.3 Å². The Morgan fingerprint density at radius 3 is 2.47 bits per heavy atom. The fraction of sp³-hybridized carbons (Fsp3) is 0.227. The predicted molar refractivity (Wildman–Crippen MR) is 104 cm³/mol. The molecule has 1 saturated heterocycles. The zero-order chi connectivity index (χ0) is 21.7. The molecule has 0 N–H and O–H groups in total. The van der Waals surface area contributed by atoms with E-state index in [1.54, 1.807) is 29.2 Å². The molecule has 3 rings (SSSR count). The molecule has 2 aromatic rings. The number of esters is 1. The van der Waals surface area contributed by atoms with Gasteiger partial charge in [-0.15, -0.1) is 0 Å². The summed E-state index contributed by atoms with van der Waals surface area (Å²) in [5.74, 6) is -1.23. The monoisotopic (exact) mass is 417 g/mol. The van der Waals surface area contributed by atoms with Crippen molar-refractivity contribution in [2.75, 3.05) is 18.1 Å². The molecule has 1 fully saturated rings. The van der Waals surface area contributed by atoms with Crippen molar-refractivity contribution in [2.45, 2.75) is 19.0 Å². The van der Waals surface area contributed by atoms with Crippen molar-refractivity contribution in [3.8, 4) is 0 Å². The first-order valence-corrected chi connectivity index (χ1v) is 9.20. The lowest BCUT2D eigenvalue weighted by Crippen LogP contribution is -2.24. The summed E-state index contributed by atoms with van der Waals surface area (Å²) < 4.78 is 42.5. The number of ether oxygens (including phenoxy) is 1. The highest BCUT2D eigenvalue weighted by atomic mass is 19.4. The molecular weight excluding hydrogens is 399 g/mol. The van der Waals surface area contributed by atoms with Crippen molar-refractivity contribution in [1.29, 1.82) is 0 Å². The second-order valence-electron chi connectivity index (χ2n) is 6.68. The number of hydrogen-bond acceptors (Lipinski definition) is 4. The summed E-state index contributed by atoms with van der Waals surface area (Å²) in [5.41, 5.74) is 0.531. The first-order chi connectivity index (χ1) is 14.2. The summed E-state index contributed by atoms with van der Waals surface area (Å²) in [5, 5.41) is 0. The van der Waals surface area contributed by atoms with E-state index < -0.39 is 30.1 Å². The Hall–Kier alpha value is -3.42. The Bertz CT molecular complexity index is 981. The van der Waals surface area contributed by atoms with Gasteiger partial charge in [0.2, 0.25) is 5.91 Å². The van der Waals surface area contributed by atoms with Gasteiger partial charge in [-0.25, -0.2) is 4.79 Å². The number of benzene rings is 2. The maximum Gasteiger partial charge on any atom is 0.416 e. The zero-order valence-corrected chi connectivity index (χ0v) is 15.8. The van der Waals surface area contributed by atoms with E-state index in [0.29, 0.717) is 29.8 Å². The van der Waals surface area contributed by atoms with Crippen LogP contribution >= 0.6 is 0 Å². The molecule has 5 nitrogen and oxygen atoms in total. The van der Waals surface area contributed by atoms with Crippen LogP contribution in [0.3, 0.4) is 0 Å². The smallest absolute Gasteiger partial charge is 0.416 e. The van der Waals surface area contributed by atoms with Crippen LogP contribution < -0.4 is 4.90 Å². The van der Waals surface area contributed by atoms with Crippen molar-refractivity contribution in [3.63, 3.8) is 0 Å². The molecule has 0 aliphatic carbocycles. The number of anilines is 1. The standard InChI is InChI=1S/C22H18F3NO4/c23-22(24,25)17-9-6-15(7-10-17)8-11-21(29)30-14-19(27)16-3-1-4-18(13-16)26-12-2-5-20(26)28/h1,3-4,6-11,13H,2,5,12,14H2/b11-8+. The molecule has 0 unspecified atom stereocenters. The first kappa shape index (κ1) is 21.3. The molecule has 0 aromatic heterocycles. The van der Waals surface area contributed by atoms with Crippen molar-refractivity contribution >= 4 is 29.4 Å². The van der Waals surface area contributed by atoms with Gasteiger partial charge in [-0.2, -0.15) is 13.2 Å². The van der Waals surface area contributed by atoms with Crippen LogP contribution in [0.4, 0.5) is 18.9 Å². The molecule has 0 bridgehead atoms. The van der Waals surface area contributed by atoms with Crippen LogP contribution in [0.25, 0.3) is 6.08 Å². The fourth-order valence-corrected chi connectivity index (χ4v) is 2.98. The Balaban J connectivity index is 1.55. The number of ketones is 1. The molecule has 30 heavy (non-hydrogen) atoms. The van der Waals surface area contributed by atoms with E-state index in [1.807, 2.05) is 0 Å². The number of carbonyl (C=O) groups excluding carboxylic acids is 3. The van der Waals surface area contributed by atoms with Crippen molar-refractivity contribution in [3.05, 3.63) is 71.3 Å². The van der Waals surface area contributed by atoms with Crippen molar-refractivity contribution in [2.24, 2.45) is 0 Å². The number of alkyl halides is 3. The Labute approximate surface area is 170 Å². The third kappa shape index (κ3) is 5.34. The van der Waals surface area contributed by atoms with Gasteiger partial charge in [0.25, 0.3) is 0 Å². The first-order valence-electron chi connectivity index (χ1n) is 9.20. The summed E-state index contributed by atoms with van der Waals surface area (Å²) in [4.78, 5) is 37.5. The largest absolute Gasteiger partial charge is 0.454 e. The lowest BCUT2D eigenvalue weighted by atomic mass is 10.1.